The molecule has 18 aromatic rings. The number of para-hydroxylation sites is 4. The number of aromatic nitrogens is 3. The van der Waals surface area contributed by atoms with Gasteiger partial charge < -0.3 is 18.6 Å². The van der Waals surface area contributed by atoms with Gasteiger partial charge in [-0.3, -0.25) is 0 Å². The van der Waals surface area contributed by atoms with Crippen molar-refractivity contribution in [3.05, 3.63) is 344 Å². The molecule has 104 heavy (non-hydrogen) atoms. The van der Waals surface area contributed by atoms with E-state index in [-0.39, 0.29) is 102 Å². The Bertz CT molecular complexity index is 7120. The van der Waals surface area contributed by atoms with Crippen LogP contribution in [0, 0.1) is 0 Å². The van der Waals surface area contributed by atoms with E-state index in [1.165, 1.54) is 0 Å². The average Bonchev–Trinajstić information content (AvgIpc) is 1.20. The normalized spacial score (nSPS) is 14.7. The molecule has 0 amide bonds. The van der Waals surface area contributed by atoms with E-state index in [1.54, 1.807) is 16.3 Å². The highest BCUT2D eigenvalue weighted by atomic mass is 32.2. The van der Waals surface area contributed by atoms with Gasteiger partial charge in [-0.1, -0.05) is 307 Å². The average molecular weight is 1360 g/mol. The number of fused-ring (bicyclic) bond motifs is 14. The lowest BCUT2D eigenvalue weighted by Gasteiger charge is -2.42. The first kappa shape index (κ1) is 48.7. The van der Waals surface area contributed by atoms with Crippen molar-refractivity contribution in [2.45, 2.75) is 62.2 Å². The maximum Gasteiger partial charge on any atom is 0.249 e. The van der Waals surface area contributed by atoms with Crippen LogP contribution in [0.5, 0.6) is 0 Å². The van der Waals surface area contributed by atoms with Crippen molar-refractivity contribution >= 4 is 117 Å². The molecule has 2 aliphatic heterocycles. The van der Waals surface area contributed by atoms with Gasteiger partial charge in [-0.15, -0.1) is 0 Å². The van der Waals surface area contributed by atoms with E-state index in [9.17, 15) is 13.7 Å². The van der Waals surface area contributed by atoms with Crippen LogP contribution in [-0.4, -0.2) is 20.4 Å². The first-order valence-corrected chi connectivity index (χ1v) is 36.1. The molecule has 0 unspecified atom stereocenters. The Kier molecular flexibility index (Phi) is 11.1. The molecule has 20 rings (SSSR count). The topological polar surface area (TPSA) is 18.0 Å². The second kappa shape index (κ2) is 23.8. The highest BCUT2D eigenvalue weighted by Gasteiger charge is 2.44. The van der Waals surface area contributed by atoms with E-state index in [1.807, 2.05) is 120 Å². The van der Waals surface area contributed by atoms with Crippen LogP contribution in [-0.2, 0) is 10.8 Å². The van der Waals surface area contributed by atoms with Crippen LogP contribution in [0.2, 0.25) is 0 Å². The zero-order valence-corrected chi connectivity index (χ0v) is 58.8. The van der Waals surface area contributed by atoms with Crippen molar-refractivity contribution in [2.24, 2.45) is 0 Å². The van der Waals surface area contributed by atoms with Crippen LogP contribution in [0.25, 0.3) is 138 Å². The zero-order valence-electron chi connectivity index (χ0n) is 71.9. The summed E-state index contributed by atoms with van der Waals surface area (Å²) in [6.07, 6.45) is 0. The Hall–Kier alpha value is -12.1. The molecule has 0 N–H and O–H groups in total. The third kappa shape index (κ3) is 9.83. The monoisotopic (exact) mass is 1360 g/mol. The summed E-state index contributed by atoms with van der Waals surface area (Å²) in [6, 6.07) is 79.3. The van der Waals surface area contributed by atoms with E-state index in [4.69, 9.17) is 5.48 Å². The number of anilines is 3. The summed E-state index contributed by atoms with van der Waals surface area (Å²) in [5, 5.41) is 1.80. The van der Waals surface area contributed by atoms with Crippen LogP contribution in [0.1, 0.15) is 71.9 Å². The van der Waals surface area contributed by atoms with Crippen molar-refractivity contribution in [2.75, 3.05) is 4.90 Å². The molecule has 2 aliphatic rings. The molecular formula is C98H73BN4S. The second-order valence-electron chi connectivity index (χ2n) is 29.3. The molecule has 0 saturated heterocycles. The molecule has 6 heteroatoms. The number of hydrogen-bond donors (Lipinski definition) is 0. The molecule has 0 bridgehead atoms. The van der Waals surface area contributed by atoms with E-state index in [0.717, 1.165) is 115 Å². The fraction of sp³-hybridized carbons (Fsp3) is 0.0816. The number of rotatable bonds is 9. The summed E-state index contributed by atoms with van der Waals surface area (Å²) in [7, 11) is 0. The second-order valence-corrected chi connectivity index (χ2v) is 30.4. The fourth-order valence-corrected chi connectivity index (χ4v) is 17.4. The summed E-state index contributed by atoms with van der Waals surface area (Å²) < 4.78 is 141. The Labute approximate surface area is 631 Å². The molecule has 0 atom stereocenters. The van der Waals surface area contributed by atoms with Gasteiger partial charge in [-0.25, -0.2) is 0 Å². The SMILES string of the molecule is [2H]c1c([2H])c([2H])c2c(c1[2H])c1c([2H])c([2H])c([2H])c([2H])c1n2-c1ccc2c(c1)c1c3c(ccc1n2-c1ccccc1)B1c2ccc(-n4c5c([2H])c(-c6ccccc6)c([2H])c([2H])c5c5c([2H])c([2H])c(-c6ccccc6)c([2H])c54)cc2N(c2c(-c4ccccc4)cccc2-c2ccccc2)c2cc(-c4cc(C(C)(C)C)cc(C(C)(C)C)c4)cc(c21)S3. The summed E-state index contributed by atoms with van der Waals surface area (Å²) in [4.78, 5) is 4.30. The van der Waals surface area contributed by atoms with Crippen molar-refractivity contribution in [1.29, 1.82) is 0 Å². The van der Waals surface area contributed by atoms with Gasteiger partial charge in [0, 0.05) is 81.7 Å². The van der Waals surface area contributed by atoms with Gasteiger partial charge in [0.2, 0.25) is 6.71 Å². The molecule has 4 nitrogen and oxygen atoms in total. The lowest BCUT2D eigenvalue weighted by atomic mass is 9.34. The molecule has 0 spiro atoms. The van der Waals surface area contributed by atoms with Crippen LogP contribution >= 0.6 is 11.8 Å². The lowest BCUT2D eigenvalue weighted by molar-refractivity contribution is 0.569. The fourth-order valence-electron chi connectivity index (χ4n) is 16.0. The lowest BCUT2D eigenvalue weighted by Crippen LogP contribution is -2.60. The summed E-state index contributed by atoms with van der Waals surface area (Å²) in [5.41, 5.74) is 18.1. The summed E-state index contributed by atoms with van der Waals surface area (Å²) in [5.74, 6) is 0. The standard InChI is InChI=1S/C98H73BN4S/c1-97(2,3)70-53-68(54-71(59-70)98(4,5)6)69-57-91-94-92(58-69)104-96-83(50-52-87-93(96)81-60-73(46-51-86(81)100(87)72-35-20-11-21-36-72)101-84-41-24-22-37-77(84)78-38-23-25-42-85(78)101)99(94)82-49-45-74(61-90(82)103(91)95-75(64-31-16-9-17-32-64)39-26-40-76(95)65-33-18-10-19-34-65)102-88-55-66(62-27-12-7-13-28-62)43-47-79(88)80-48-44-67(56-89(80)102)63-29-14-8-15-30-63/h7-61H,1-6H3/i22D,23D,24D,25D,37D,38D,41D,42D,43D,44D,47D,48D,55D,56D. The minimum Gasteiger partial charge on any atom is -0.310 e. The van der Waals surface area contributed by atoms with Crippen LogP contribution in [0.4, 0.5) is 17.1 Å². The quantitative estimate of drug-likeness (QED) is 0.134. The summed E-state index contributed by atoms with van der Waals surface area (Å²) >= 11 is 1.68. The van der Waals surface area contributed by atoms with Crippen LogP contribution in [0.15, 0.2) is 343 Å². The Morgan fingerprint density at radius 1 is 0.327 bits per heavy atom. The minimum absolute atomic E-state index is 0.0105. The Morgan fingerprint density at radius 2 is 0.798 bits per heavy atom. The number of benzene rings is 15. The van der Waals surface area contributed by atoms with Gasteiger partial charge >= 0.3 is 0 Å². The Balaban J connectivity index is 0.964. The van der Waals surface area contributed by atoms with Crippen molar-refractivity contribution in [3.8, 4) is 72.7 Å². The third-order valence-electron chi connectivity index (χ3n) is 21.0. The maximum absolute atomic E-state index is 10.6. The maximum atomic E-state index is 10.6. The van der Waals surface area contributed by atoms with Gasteiger partial charge in [0.25, 0.3) is 0 Å². The van der Waals surface area contributed by atoms with Gasteiger partial charge in [0.15, 0.2) is 0 Å². The predicted molar refractivity (Wildman–Crippen MR) is 444 cm³/mol. The largest absolute Gasteiger partial charge is 0.310 e. The molecule has 494 valence electrons. The van der Waals surface area contributed by atoms with Crippen molar-refractivity contribution in [3.63, 3.8) is 0 Å². The molecule has 3 aromatic heterocycles. The van der Waals surface area contributed by atoms with Gasteiger partial charge in [-0.2, -0.15) is 0 Å². The van der Waals surface area contributed by atoms with Crippen LogP contribution in [0.3, 0.4) is 0 Å². The van der Waals surface area contributed by atoms with Gasteiger partial charge in [0.05, 0.1) is 58.0 Å². The van der Waals surface area contributed by atoms with Crippen molar-refractivity contribution in [1.82, 2.24) is 13.7 Å². The van der Waals surface area contributed by atoms with E-state index in [0.29, 0.717) is 22.5 Å². The first-order chi connectivity index (χ1) is 56.7. The Morgan fingerprint density at radius 3 is 1.37 bits per heavy atom. The highest BCUT2D eigenvalue weighted by molar-refractivity contribution is 8.00. The molecule has 0 radical (unpaired) electrons. The van der Waals surface area contributed by atoms with E-state index in [2.05, 4.69) is 184 Å². The highest BCUT2D eigenvalue weighted by Crippen LogP contribution is 2.53. The first-order valence-electron chi connectivity index (χ1n) is 42.3. The van der Waals surface area contributed by atoms with Gasteiger partial charge in [-0.05, 0) is 162 Å². The number of hydrogen-bond acceptors (Lipinski definition) is 2. The summed E-state index contributed by atoms with van der Waals surface area (Å²) in [6.45, 7) is 12.9. The smallest absolute Gasteiger partial charge is 0.249 e. The van der Waals surface area contributed by atoms with E-state index < -0.39 is 55.1 Å². The zero-order chi connectivity index (χ0) is 81.9. The molecule has 5 heterocycles. The van der Waals surface area contributed by atoms with E-state index >= 15 is 0 Å². The minimum atomic E-state index is -0.569. The molecular weight excluding hydrogens is 1280 g/mol. The number of nitrogens with zero attached hydrogens (tertiary/aromatic N) is 4. The molecule has 15 aromatic carbocycles. The third-order valence-corrected chi connectivity index (χ3v) is 22.2. The molecule has 0 fully saturated rings. The molecule has 0 aliphatic carbocycles. The van der Waals surface area contributed by atoms with Crippen LogP contribution < -0.4 is 21.3 Å². The van der Waals surface area contributed by atoms with Crippen molar-refractivity contribution < 1.29 is 19.2 Å². The predicted octanol–water partition coefficient (Wildman–Crippen LogP) is 24.7. The molecule has 0 saturated carbocycles. The van der Waals surface area contributed by atoms with Gasteiger partial charge in [0.1, 0.15) is 0 Å².